The van der Waals surface area contributed by atoms with Crippen LogP contribution in [0.5, 0.6) is 11.5 Å². The number of carbonyl (C=O) groups is 3. The Morgan fingerprint density at radius 2 is 1.62 bits per heavy atom. The Morgan fingerprint density at radius 1 is 0.952 bits per heavy atom. The van der Waals surface area contributed by atoms with Gasteiger partial charge in [0.2, 0.25) is 16.8 Å². The van der Waals surface area contributed by atoms with E-state index in [0.29, 0.717) is 16.3 Å². The summed E-state index contributed by atoms with van der Waals surface area (Å²) in [5.41, 5.74) is 0.925. The van der Waals surface area contributed by atoms with Gasteiger partial charge in [-0.05, 0) is 38.1 Å². The highest BCUT2D eigenvalue weighted by Gasteiger charge is 2.30. The summed E-state index contributed by atoms with van der Waals surface area (Å²) in [6.07, 6.45) is -0.386. The van der Waals surface area contributed by atoms with Gasteiger partial charge in [0.05, 0.1) is 34.7 Å². The van der Waals surface area contributed by atoms with Gasteiger partial charge in [0.15, 0.2) is 16.3 Å². The van der Waals surface area contributed by atoms with Crippen LogP contribution in [0.1, 0.15) is 30.6 Å². The molecule has 42 heavy (non-hydrogen) atoms. The lowest BCUT2D eigenvalue weighted by molar-refractivity contribution is -0.143. The first-order valence-electron chi connectivity index (χ1n) is 13.4. The number of ether oxygens (including phenoxy) is 4. The van der Waals surface area contributed by atoms with Crippen molar-refractivity contribution in [2.75, 3.05) is 46.2 Å². The normalized spacial score (nSPS) is 15.7. The lowest BCUT2D eigenvalue weighted by atomic mass is 10.2. The molecule has 13 nitrogen and oxygen atoms in total. The Hall–Kier alpha value is -3.95. The van der Waals surface area contributed by atoms with Gasteiger partial charge in [0, 0.05) is 50.4 Å². The molecule has 0 atom stereocenters. The molecule has 1 fully saturated rings. The predicted octanol–water partition coefficient (Wildman–Crippen LogP) is 2.59. The fourth-order valence-electron chi connectivity index (χ4n) is 4.59. The van der Waals surface area contributed by atoms with Crippen molar-refractivity contribution >= 4 is 49.5 Å². The zero-order valence-electron chi connectivity index (χ0n) is 23.1. The van der Waals surface area contributed by atoms with Crippen LogP contribution in [0.4, 0.5) is 4.79 Å². The maximum Gasteiger partial charge on any atom is 0.409 e. The minimum Gasteiger partial charge on any atom is -0.466 e. The zero-order valence-corrected chi connectivity index (χ0v) is 24.7. The van der Waals surface area contributed by atoms with Gasteiger partial charge in [-0.15, -0.1) is 0 Å². The number of hydrogen-bond acceptors (Lipinski definition) is 10. The van der Waals surface area contributed by atoms with E-state index in [4.69, 9.17) is 18.9 Å². The van der Waals surface area contributed by atoms with Gasteiger partial charge in [-0.2, -0.15) is 9.30 Å². The van der Waals surface area contributed by atoms with Crippen LogP contribution < -0.4 is 14.3 Å². The summed E-state index contributed by atoms with van der Waals surface area (Å²) in [4.78, 5) is 43.4. The fourth-order valence-corrected chi connectivity index (χ4v) is 7.08. The largest absolute Gasteiger partial charge is 0.466 e. The van der Waals surface area contributed by atoms with Crippen molar-refractivity contribution in [3.05, 3.63) is 46.8 Å². The average Bonchev–Trinajstić information content (AvgIpc) is 3.58. The number of nitrogens with zero attached hydrogens (tertiary/aromatic N) is 4. The van der Waals surface area contributed by atoms with Gasteiger partial charge >= 0.3 is 12.1 Å². The minimum atomic E-state index is -3.83. The molecule has 0 saturated carbocycles. The average molecular weight is 619 g/mol. The summed E-state index contributed by atoms with van der Waals surface area (Å²) in [5.74, 6) is 0.195. The topological polar surface area (TPSA) is 146 Å². The number of aryl methyl sites for hydroxylation is 1. The lowest BCUT2D eigenvalue weighted by Gasteiger charge is -2.33. The van der Waals surface area contributed by atoms with E-state index in [1.54, 1.807) is 30.5 Å². The molecular formula is C27H30N4O9S2. The van der Waals surface area contributed by atoms with Crippen molar-refractivity contribution in [2.24, 2.45) is 4.99 Å². The summed E-state index contributed by atoms with van der Waals surface area (Å²) in [6, 6.07) is 9.16. The summed E-state index contributed by atoms with van der Waals surface area (Å²) in [6.45, 7) is 5.00. The molecule has 1 aromatic heterocycles. The van der Waals surface area contributed by atoms with Crippen LogP contribution in [0, 0.1) is 0 Å². The molecule has 2 aliphatic heterocycles. The Bertz CT molecular complexity index is 1670. The van der Waals surface area contributed by atoms with Crippen LogP contribution in [0.2, 0.25) is 0 Å². The standard InChI is InChI=1S/C27H30N4O9S2/c1-3-37-24(32)9-10-31-20-15-21-22(40-17-39-21)16-23(20)41-26(31)28-25(33)18-5-7-19(8-6-18)42(35,36)30-13-11-29(12-14-30)27(34)38-4-2/h5-8,15-16H,3-4,9-14,17H2,1-2H3. The Balaban J connectivity index is 1.36. The van der Waals surface area contributed by atoms with Crippen molar-refractivity contribution in [3.63, 3.8) is 0 Å². The van der Waals surface area contributed by atoms with Crippen LogP contribution >= 0.6 is 11.3 Å². The molecule has 0 radical (unpaired) electrons. The number of thiazole rings is 1. The third kappa shape index (κ3) is 6.12. The third-order valence-corrected chi connectivity index (χ3v) is 9.68. The van der Waals surface area contributed by atoms with Crippen LogP contribution in [0.15, 0.2) is 46.3 Å². The number of sulfonamides is 1. The van der Waals surface area contributed by atoms with Gasteiger partial charge < -0.3 is 28.4 Å². The third-order valence-electron chi connectivity index (χ3n) is 6.72. The molecule has 1 saturated heterocycles. The molecule has 2 aromatic carbocycles. The molecule has 2 aliphatic rings. The smallest absolute Gasteiger partial charge is 0.409 e. The fraction of sp³-hybridized carbons (Fsp3) is 0.407. The first-order valence-corrected chi connectivity index (χ1v) is 15.7. The van der Waals surface area contributed by atoms with E-state index in [2.05, 4.69) is 4.99 Å². The second-order valence-corrected chi connectivity index (χ2v) is 12.2. The van der Waals surface area contributed by atoms with E-state index in [1.807, 2.05) is 0 Å². The first kappa shape index (κ1) is 29.5. The summed E-state index contributed by atoms with van der Waals surface area (Å²) >= 11 is 1.26. The quantitative estimate of drug-likeness (QED) is 0.348. The van der Waals surface area contributed by atoms with Crippen LogP contribution in [0.3, 0.4) is 0 Å². The highest BCUT2D eigenvalue weighted by Crippen LogP contribution is 2.37. The van der Waals surface area contributed by atoms with Crippen LogP contribution in [-0.2, 0) is 30.8 Å². The molecule has 2 amide bonds. The number of amides is 2. The molecular weight excluding hydrogens is 588 g/mol. The monoisotopic (exact) mass is 618 g/mol. The molecule has 3 heterocycles. The van der Waals surface area contributed by atoms with Crippen LogP contribution in [0.25, 0.3) is 10.2 Å². The van der Waals surface area contributed by atoms with E-state index >= 15 is 0 Å². The maximum atomic E-state index is 13.2. The van der Waals surface area contributed by atoms with Gasteiger partial charge in [-0.3, -0.25) is 9.59 Å². The lowest BCUT2D eigenvalue weighted by Crippen LogP contribution is -2.50. The van der Waals surface area contributed by atoms with E-state index in [9.17, 15) is 22.8 Å². The van der Waals surface area contributed by atoms with Crippen molar-refractivity contribution in [2.45, 2.75) is 31.7 Å². The van der Waals surface area contributed by atoms with Crippen molar-refractivity contribution in [3.8, 4) is 11.5 Å². The number of esters is 1. The number of hydrogen-bond donors (Lipinski definition) is 0. The van der Waals surface area contributed by atoms with E-state index in [1.165, 1.54) is 44.8 Å². The van der Waals surface area contributed by atoms with Crippen molar-refractivity contribution in [1.29, 1.82) is 0 Å². The molecule has 0 aliphatic carbocycles. The number of piperazine rings is 1. The number of aromatic nitrogens is 1. The molecule has 5 rings (SSSR count). The Kier molecular flexibility index (Phi) is 8.80. The van der Waals surface area contributed by atoms with E-state index < -0.39 is 22.0 Å². The highest BCUT2D eigenvalue weighted by atomic mass is 32.2. The molecule has 0 N–H and O–H groups in total. The summed E-state index contributed by atoms with van der Waals surface area (Å²) < 4.78 is 51.2. The predicted molar refractivity (Wildman–Crippen MR) is 151 cm³/mol. The summed E-state index contributed by atoms with van der Waals surface area (Å²) in [5, 5.41) is 0. The van der Waals surface area contributed by atoms with Gasteiger partial charge in [0.1, 0.15) is 0 Å². The molecule has 0 unspecified atom stereocenters. The number of fused-ring (bicyclic) bond motifs is 2. The molecule has 3 aromatic rings. The van der Waals surface area contributed by atoms with E-state index in [-0.39, 0.29) is 75.6 Å². The van der Waals surface area contributed by atoms with Crippen LogP contribution in [-0.4, -0.2) is 86.3 Å². The molecule has 0 bridgehead atoms. The van der Waals surface area contributed by atoms with Crippen molar-refractivity contribution in [1.82, 2.24) is 13.8 Å². The first-order chi connectivity index (χ1) is 20.2. The highest BCUT2D eigenvalue weighted by molar-refractivity contribution is 7.89. The minimum absolute atomic E-state index is 0.0320. The molecule has 0 spiro atoms. The van der Waals surface area contributed by atoms with E-state index in [0.717, 1.165) is 10.2 Å². The van der Waals surface area contributed by atoms with Gasteiger partial charge in [0.25, 0.3) is 5.91 Å². The second-order valence-electron chi connectivity index (χ2n) is 9.30. The maximum absolute atomic E-state index is 13.2. The number of benzene rings is 2. The van der Waals surface area contributed by atoms with Gasteiger partial charge in [-0.25, -0.2) is 13.2 Å². The molecule has 224 valence electrons. The van der Waals surface area contributed by atoms with Gasteiger partial charge in [-0.1, -0.05) is 11.3 Å². The Labute approximate surface area is 245 Å². The summed E-state index contributed by atoms with van der Waals surface area (Å²) in [7, 11) is -3.83. The second kappa shape index (κ2) is 12.5. The number of carbonyl (C=O) groups excluding carboxylic acids is 3. The number of rotatable bonds is 8. The van der Waals surface area contributed by atoms with Crippen molar-refractivity contribution < 1.29 is 41.7 Å². The molecule has 15 heteroatoms. The zero-order chi connectivity index (χ0) is 29.9. The SMILES string of the molecule is CCOC(=O)CCn1c(=NC(=O)c2ccc(S(=O)(=O)N3CCN(C(=O)OCC)CC3)cc2)sc2cc3c(cc21)OCO3. The Morgan fingerprint density at radius 3 is 2.29 bits per heavy atom.